The first-order chi connectivity index (χ1) is 20.8. The fourth-order valence-electron chi connectivity index (χ4n) is 6.24. The van der Waals surface area contributed by atoms with Gasteiger partial charge in [0.2, 0.25) is 0 Å². The maximum atomic E-state index is 2.35. The van der Waals surface area contributed by atoms with E-state index in [1.165, 1.54) is 76.8 Å². The van der Waals surface area contributed by atoms with Crippen molar-refractivity contribution in [2.24, 2.45) is 0 Å². The Kier molecular flexibility index (Phi) is 5.90. The van der Waals surface area contributed by atoms with E-state index in [1.807, 2.05) is 0 Å². The molecule has 0 N–H and O–H groups in total. The lowest BCUT2D eigenvalue weighted by molar-refractivity contribution is 1.60. The van der Waals surface area contributed by atoms with Crippen LogP contribution in [0.4, 0.5) is 0 Å². The maximum absolute atomic E-state index is 2.35. The van der Waals surface area contributed by atoms with E-state index in [0.717, 1.165) is 0 Å². The maximum Gasteiger partial charge on any atom is -0.00988 e. The summed E-state index contributed by atoms with van der Waals surface area (Å²) in [7, 11) is 0. The first kappa shape index (κ1) is 24.3. The molecule has 196 valence electrons. The highest BCUT2D eigenvalue weighted by molar-refractivity contribution is 6.10. The largest absolute Gasteiger partial charge is 0.0622 e. The van der Waals surface area contributed by atoms with Crippen LogP contribution in [0, 0.1) is 0 Å². The van der Waals surface area contributed by atoms with Crippen molar-refractivity contribution in [3.8, 4) is 44.5 Å². The Balaban J connectivity index is 1.20. The first-order valence-corrected chi connectivity index (χ1v) is 14.5. The molecule has 0 spiro atoms. The second-order valence-corrected chi connectivity index (χ2v) is 11.0. The van der Waals surface area contributed by atoms with Gasteiger partial charge < -0.3 is 0 Å². The molecule has 0 fully saturated rings. The Morgan fingerprint density at radius 2 is 0.619 bits per heavy atom. The Bertz CT molecular complexity index is 2210. The molecule has 8 aromatic rings. The van der Waals surface area contributed by atoms with Gasteiger partial charge in [0, 0.05) is 0 Å². The molecule has 42 heavy (non-hydrogen) atoms. The molecule has 0 radical (unpaired) electrons. The standard InChI is InChI=1S/C42H28/c1-3-9-29(10-4-1)30-15-17-31(18-16-30)35-21-23-39-36(25-35)19-20-37-26-38(22-24-40(37)39)42-28-34-14-8-7-13-33(34)27-41(42)32-11-5-2-6-12-32/h1-28H. The highest BCUT2D eigenvalue weighted by atomic mass is 14.2. The summed E-state index contributed by atoms with van der Waals surface area (Å²) in [5, 5.41) is 7.60. The molecule has 0 unspecified atom stereocenters. The molecule has 0 nitrogen and oxygen atoms in total. The second kappa shape index (κ2) is 10.2. The lowest BCUT2D eigenvalue weighted by Gasteiger charge is -2.14. The zero-order valence-electron chi connectivity index (χ0n) is 23.2. The van der Waals surface area contributed by atoms with Gasteiger partial charge in [0.15, 0.2) is 0 Å². The molecular formula is C42H28. The van der Waals surface area contributed by atoms with Crippen LogP contribution in [-0.4, -0.2) is 0 Å². The van der Waals surface area contributed by atoms with Gasteiger partial charge in [-0.3, -0.25) is 0 Å². The fourth-order valence-corrected chi connectivity index (χ4v) is 6.24. The lowest BCUT2D eigenvalue weighted by Crippen LogP contribution is -1.88. The summed E-state index contributed by atoms with van der Waals surface area (Å²) in [6.07, 6.45) is 0. The van der Waals surface area contributed by atoms with Gasteiger partial charge in [0.05, 0.1) is 0 Å². The predicted octanol–water partition coefficient (Wildman–Crippen LogP) is 11.8. The zero-order valence-corrected chi connectivity index (χ0v) is 23.2. The molecule has 0 heterocycles. The van der Waals surface area contributed by atoms with Gasteiger partial charge in [-0.15, -0.1) is 0 Å². The molecule has 0 aliphatic heterocycles. The topological polar surface area (TPSA) is 0 Å². The molecule has 0 aliphatic carbocycles. The summed E-state index contributed by atoms with van der Waals surface area (Å²) in [6, 6.07) is 61.8. The minimum absolute atomic E-state index is 1.23. The van der Waals surface area contributed by atoms with E-state index in [4.69, 9.17) is 0 Å². The van der Waals surface area contributed by atoms with Crippen molar-refractivity contribution in [1.29, 1.82) is 0 Å². The van der Waals surface area contributed by atoms with E-state index in [0.29, 0.717) is 0 Å². The Morgan fingerprint density at radius 3 is 1.21 bits per heavy atom. The number of benzene rings is 8. The normalized spacial score (nSPS) is 11.3. The van der Waals surface area contributed by atoms with Gasteiger partial charge in [0.25, 0.3) is 0 Å². The van der Waals surface area contributed by atoms with Crippen molar-refractivity contribution in [3.63, 3.8) is 0 Å². The molecular weight excluding hydrogens is 504 g/mol. The van der Waals surface area contributed by atoms with Crippen LogP contribution in [-0.2, 0) is 0 Å². The highest BCUT2D eigenvalue weighted by Gasteiger charge is 2.12. The zero-order chi connectivity index (χ0) is 27.9. The minimum Gasteiger partial charge on any atom is -0.0622 e. The SMILES string of the molecule is c1ccc(-c2ccc(-c3ccc4c(ccc5cc(-c6cc7ccccc7cc6-c6ccccc6)ccc54)c3)cc2)cc1. The van der Waals surface area contributed by atoms with Gasteiger partial charge >= 0.3 is 0 Å². The van der Waals surface area contributed by atoms with Crippen LogP contribution in [0.2, 0.25) is 0 Å². The van der Waals surface area contributed by atoms with Crippen LogP contribution in [0.15, 0.2) is 170 Å². The van der Waals surface area contributed by atoms with Crippen molar-refractivity contribution in [1.82, 2.24) is 0 Å². The van der Waals surface area contributed by atoms with Crippen molar-refractivity contribution < 1.29 is 0 Å². The van der Waals surface area contributed by atoms with E-state index in [1.54, 1.807) is 0 Å². The van der Waals surface area contributed by atoms with Crippen molar-refractivity contribution in [2.45, 2.75) is 0 Å². The minimum atomic E-state index is 1.23. The molecule has 0 amide bonds. The Labute approximate surface area is 246 Å². The molecule has 0 heteroatoms. The molecule has 0 aromatic heterocycles. The van der Waals surface area contributed by atoms with Crippen molar-refractivity contribution in [2.75, 3.05) is 0 Å². The van der Waals surface area contributed by atoms with Crippen LogP contribution < -0.4 is 0 Å². The quantitative estimate of drug-likeness (QED) is 0.198. The van der Waals surface area contributed by atoms with Crippen LogP contribution in [0.5, 0.6) is 0 Å². The summed E-state index contributed by atoms with van der Waals surface area (Å²) in [5.41, 5.74) is 9.95. The van der Waals surface area contributed by atoms with E-state index in [-0.39, 0.29) is 0 Å². The van der Waals surface area contributed by atoms with E-state index >= 15 is 0 Å². The predicted molar refractivity (Wildman–Crippen MR) is 181 cm³/mol. The molecule has 0 saturated heterocycles. The molecule has 0 saturated carbocycles. The molecule has 8 aromatic carbocycles. The summed E-state index contributed by atoms with van der Waals surface area (Å²) in [4.78, 5) is 0. The Hall–Kier alpha value is -5.46. The Morgan fingerprint density at radius 1 is 0.214 bits per heavy atom. The molecule has 0 atom stereocenters. The lowest BCUT2D eigenvalue weighted by atomic mass is 9.90. The summed E-state index contributed by atoms with van der Waals surface area (Å²) < 4.78 is 0. The van der Waals surface area contributed by atoms with Gasteiger partial charge in [-0.25, -0.2) is 0 Å². The molecule has 0 aliphatic rings. The van der Waals surface area contributed by atoms with Crippen molar-refractivity contribution in [3.05, 3.63) is 170 Å². The van der Waals surface area contributed by atoms with Crippen LogP contribution in [0.1, 0.15) is 0 Å². The summed E-state index contributed by atoms with van der Waals surface area (Å²) >= 11 is 0. The highest BCUT2D eigenvalue weighted by Crippen LogP contribution is 2.38. The van der Waals surface area contributed by atoms with Gasteiger partial charge in [-0.05, 0) is 101 Å². The second-order valence-electron chi connectivity index (χ2n) is 11.0. The number of fused-ring (bicyclic) bond motifs is 4. The van der Waals surface area contributed by atoms with Gasteiger partial charge in [-0.2, -0.15) is 0 Å². The third-order valence-corrected chi connectivity index (χ3v) is 8.44. The van der Waals surface area contributed by atoms with Crippen LogP contribution >= 0.6 is 0 Å². The number of hydrogen-bond donors (Lipinski definition) is 0. The van der Waals surface area contributed by atoms with E-state index in [9.17, 15) is 0 Å². The third kappa shape index (κ3) is 4.35. The monoisotopic (exact) mass is 532 g/mol. The molecule has 8 rings (SSSR count). The van der Waals surface area contributed by atoms with Crippen molar-refractivity contribution >= 4 is 32.3 Å². The number of hydrogen-bond acceptors (Lipinski definition) is 0. The number of rotatable bonds is 4. The average Bonchev–Trinajstić information content (AvgIpc) is 3.08. The van der Waals surface area contributed by atoms with Crippen LogP contribution in [0.3, 0.4) is 0 Å². The average molecular weight is 533 g/mol. The van der Waals surface area contributed by atoms with Gasteiger partial charge in [-0.1, -0.05) is 146 Å². The fraction of sp³-hybridized carbons (Fsp3) is 0. The van der Waals surface area contributed by atoms with E-state index in [2.05, 4.69) is 170 Å². The summed E-state index contributed by atoms with van der Waals surface area (Å²) in [5.74, 6) is 0. The first-order valence-electron chi connectivity index (χ1n) is 14.5. The summed E-state index contributed by atoms with van der Waals surface area (Å²) in [6.45, 7) is 0. The molecule has 0 bridgehead atoms. The van der Waals surface area contributed by atoms with Gasteiger partial charge in [0.1, 0.15) is 0 Å². The van der Waals surface area contributed by atoms with E-state index < -0.39 is 0 Å². The third-order valence-electron chi connectivity index (χ3n) is 8.44. The van der Waals surface area contributed by atoms with Crippen LogP contribution in [0.25, 0.3) is 76.8 Å². The smallest absolute Gasteiger partial charge is 0.00988 e.